The van der Waals surface area contributed by atoms with Gasteiger partial charge in [-0.1, -0.05) is 13.8 Å². The molecule has 3 fully saturated rings. The van der Waals surface area contributed by atoms with Gasteiger partial charge in [0.1, 0.15) is 0 Å². The molecule has 14 heavy (non-hydrogen) atoms. The summed E-state index contributed by atoms with van der Waals surface area (Å²) in [5, 5.41) is 8.86. The van der Waals surface area contributed by atoms with E-state index in [-0.39, 0.29) is 11.8 Å². The highest BCUT2D eigenvalue weighted by atomic mass is 16.4. The number of hydrogen-bond donors (Lipinski definition) is 2. The van der Waals surface area contributed by atoms with E-state index in [9.17, 15) is 4.79 Å². The number of hydrogen-bond acceptors (Lipinski definition) is 2. The molecule has 3 nitrogen and oxygen atoms in total. The minimum Gasteiger partial charge on any atom is -0.481 e. The minimum atomic E-state index is -0.756. The molecule has 0 radical (unpaired) electrons. The predicted molar refractivity (Wildman–Crippen MR) is 53.8 cm³/mol. The Kier molecular flexibility index (Phi) is 1.94. The van der Waals surface area contributed by atoms with Crippen LogP contribution in [-0.4, -0.2) is 16.6 Å². The van der Waals surface area contributed by atoms with Crippen molar-refractivity contribution in [3.05, 3.63) is 0 Å². The Hall–Kier alpha value is -0.570. The van der Waals surface area contributed by atoms with Gasteiger partial charge in [-0.3, -0.25) is 4.79 Å². The second-order valence-corrected chi connectivity index (χ2v) is 5.65. The topological polar surface area (TPSA) is 63.3 Å². The highest BCUT2D eigenvalue weighted by molar-refractivity contribution is 5.68. The first-order valence-electron chi connectivity index (χ1n) is 5.37. The first-order chi connectivity index (χ1) is 6.36. The average Bonchev–Trinajstić information content (AvgIpc) is 2.00. The number of nitrogens with two attached hydrogens (primary N) is 1. The van der Waals surface area contributed by atoms with Crippen LogP contribution in [-0.2, 0) is 4.79 Å². The number of rotatable bonds is 2. The molecule has 0 amide bonds. The van der Waals surface area contributed by atoms with Crippen LogP contribution in [0.25, 0.3) is 0 Å². The Morgan fingerprint density at radius 3 is 2.64 bits per heavy atom. The zero-order valence-electron chi connectivity index (χ0n) is 8.92. The van der Waals surface area contributed by atoms with E-state index in [4.69, 9.17) is 10.8 Å². The van der Waals surface area contributed by atoms with Crippen molar-refractivity contribution in [3.63, 3.8) is 0 Å². The van der Waals surface area contributed by atoms with E-state index in [1.807, 2.05) is 0 Å². The van der Waals surface area contributed by atoms with E-state index in [0.717, 1.165) is 25.2 Å². The highest BCUT2D eigenvalue weighted by Gasteiger charge is 2.59. The van der Waals surface area contributed by atoms with Gasteiger partial charge in [0.2, 0.25) is 0 Å². The van der Waals surface area contributed by atoms with Gasteiger partial charge in [0.05, 0.1) is 6.42 Å². The Bertz CT molecular complexity index is 272. The summed E-state index contributed by atoms with van der Waals surface area (Å²) in [7, 11) is 0. The molecule has 3 aliphatic carbocycles. The fourth-order valence-electron chi connectivity index (χ4n) is 3.59. The van der Waals surface area contributed by atoms with Gasteiger partial charge in [-0.15, -0.1) is 0 Å². The number of fused-ring (bicyclic) bond motifs is 2. The van der Waals surface area contributed by atoms with E-state index < -0.39 is 11.5 Å². The van der Waals surface area contributed by atoms with Crippen LogP contribution < -0.4 is 5.73 Å². The zero-order valence-corrected chi connectivity index (χ0v) is 8.92. The van der Waals surface area contributed by atoms with E-state index in [2.05, 4.69) is 13.8 Å². The molecule has 0 saturated heterocycles. The number of aliphatic carboxylic acids is 1. The SMILES string of the molecule is CC1(C)C2CCC(N)(CC(=O)O)C1C2. The number of carboxylic acid groups (broad SMARTS) is 1. The third-order valence-electron chi connectivity index (χ3n) is 4.60. The van der Waals surface area contributed by atoms with Gasteiger partial charge in [-0.25, -0.2) is 0 Å². The molecule has 0 aromatic rings. The fourth-order valence-corrected chi connectivity index (χ4v) is 3.59. The first-order valence-corrected chi connectivity index (χ1v) is 5.37. The molecule has 0 aliphatic heterocycles. The normalized spacial score (nSPS) is 44.2. The Balaban J connectivity index is 2.17. The molecule has 0 aromatic carbocycles. The second kappa shape index (κ2) is 2.72. The van der Waals surface area contributed by atoms with Crippen molar-refractivity contribution in [2.45, 2.75) is 45.1 Å². The standard InChI is InChI=1S/C11H19NO2/c1-10(2)7-3-4-11(12,6-9(13)14)8(10)5-7/h7-8H,3-6,12H2,1-2H3,(H,13,14). The van der Waals surface area contributed by atoms with Crippen molar-refractivity contribution in [2.75, 3.05) is 0 Å². The smallest absolute Gasteiger partial charge is 0.305 e. The summed E-state index contributed by atoms with van der Waals surface area (Å²) < 4.78 is 0. The van der Waals surface area contributed by atoms with Crippen LogP contribution in [0.1, 0.15) is 39.5 Å². The molecule has 2 bridgehead atoms. The van der Waals surface area contributed by atoms with Crippen molar-refractivity contribution >= 4 is 5.97 Å². The minimum absolute atomic E-state index is 0.133. The molecule has 3 heteroatoms. The monoisotopic (exact) mass is 197 g/mol. The van der Waals surface area contributed by atoms with Gasteiger partial charge in [0, 0.05) is 5.54 Å². The molecule has 3 rings (SSSR count). The molecule has 3 unspecified atom stereocenters. The lowest BCUT2D eigenvalue weighted by atomic mass is 9.43. The largest absolute Gasteiger partial charge is 0.481 e. The lowest BCUT2D eigenvalue weighted by Crippen LogP contribution is -2.66. The summed E-state index contributed by atoms with van der Waals surface area (Å²) in [5.41, 5.74) is 6.06. The lowest BCUT2D eigenvalue weighted by molar-refractivity contribution is -0.150. The van der Waals surface area contributed by atoms with Crippen LogP contribution in [0.15, 0.2) is 0 Å². The van der Waals surface area contributed by atoms with E-state index in [1.54, 1.807) is 0 Å². The van der Waals surface area contributed by atoms with Crippen LogP contribution in [0.2, 0.25) is 0 Å². The van der Waals surface area contributed by atoms with Crippen LogP contribution in [0.5, 0.6) is 0 Å². The van der Waals surface area contributed by atoms with Crippen LogP contribution in [0.3, 0.4) is 0 Å². The molecule has 3 atom stereocenters. The summed E-state index contributed by atoms with van der Waals surface area (Å²) in [6, 6.07) is 0. The van der Waals surface area contributed by atoms with Gasteiger partial charge in [-0.2, -0.15) is 0 Å². The number of carbonyl (C=O) groups is 1. The first kappa shape index (κ1) is 9.97. The molecular formula is C11H19NO2. The Morgan fingerprint density at radius 2 is 2.21 bits per heavy atom. The summed E-state index contributed by atoms with van der Waals surface area (Å²) in [4.78, 5) is 10.8. The molecule has 0 aromatic heterocycles. The maximum Gasteiger partial charge on any atom is 0.305 e. The molecular weight excluding hydrogens is 178 g/mol. The van der Waals surface area contributed by atoms with Crippen molar-refractivity contribution < 1.29 is 9.90 Å². The Labute approximate surface area is 84.7 Å². The van der Waals surface area contributed by atoms with Crippen molar-refractivity contribution in [1.82, 2.24) is 0 Å². The average molecular weight is 197 g/mol. The molecule has 80 valence electrons. The van der Waals surface area contributed by atoms with Crippen LogP contribution >= 0.6 is 0 Å². The van der Waals surface area contributed by atoms with Gasteiger partial charge >= 0.3 is 5.97 Å². The highest BCUT2D eigenvalue weighted by Crippen LogP contribution is 2.62. The summed E-state index contributed by atoms with van der Waals surface area (Å²) in [6.45, 7) is 4.46. The maximum absolute atomic E-state index is 10.8. The molecule has 3 aliphatic rings. The molecule has 0 heterocycles. The maximum atomic E-state index is 10.8. The fraction of sp³-hybridized carbons (Fsp3) is 0.909. The van der Waals surface area contributed by atoms with Crippen LogP contribution in [0.4, 0.5) is 0 Å². The lowest BCUT2D eigenvalue weighted by Gasteiger charge is -2.64. The van der Waals surface area contributed by atoms with Crippen LogP contribution in [0, 0.1) is 17.3 Å². The second-order valence-electron chi connectivity index (χ2n) is 5.65. The van der Waals surface area contributed by atoms with Gasteiger partial charge in [-0.05, 0) is 36.5 Å². The molecule has 3 saturated carbocycles. The van der Waals surface area contributed by atoms with Gasteiger partial charge in [0.25, 0.3) is 0 Å². The summed E-state index contributed by atoms with van der Waals surface area (Å²) in [5.74, 6) is 0.427. The van der Waals surface area contributed by atoms with E-state index >= 15 is 0 Å². The van der Waals surface area contributed by atoms with Gasteiger partial charge < -0.3 is 10.8 Å². The molecule has 3 N–H and O–H groups in total. The third-order valence-corrected chi connectivity index (χ3v) is 4.60. The Morgan fingerprint density at radius 1 is 1.57 bits per heavy atom. The third kappa shape index (κ3) is 1.18. The quantitative estimate of drug-likeness (QED) is 0.707. The summed E-state index contributed by atoms with van der Waals surface area (Å²) in [6.07, 6.45) is 3.26. The zero-order chi connectivity index (χ0) is 10.6. The molecule has 0 spiro atoms. The van der Waals surface area contributed by atoms with E-state index in [1.165, 1.54) is 0 Å². The predicted octanol–water partition coefficient (Wildman–Crippen LogP) is 1.61. The number of carboxylic acids is 1. The van der Waals surface area contributed by atoms with Crippen molar-refractivity contribution in [3.8, 4) is 0 Å². The summed E-state index contributed by atoms with van der Waals surface area (Å²) >= 11 is 0. The van der Waals surface area contributed by atoms with Crippen molar-refractivity contribution in [2.24, 2.45) is 23.0 Å². The van der Waals surface area contributed by atoms with Gasteiger partial charge in [0.15, 0.2) is 0 Å². The van der Waals surface area contributed by atoms with Crippen molar-refractivity contribution in [1.29, 1.82) is 0 Å². The van der Waals surface area contributed by atoms with E-state index in [0.29, 0.717) is 5.92 Å².